The predicted molar refractivity (Wildman–Crippen MR) is 90.0 cm³/mol. The van der Waals surface area contributed by atoms with E-state index in [0.29, 0.717) is 25.0 Å². The van der Waals surface area contributed by atoms with Crippen molar-refractivity contribution in [3.63, 3.8) is 0 Å². The van der Waals surface area contributed by atoms with Crippen LogP contribution in [0.15, 0.2) is 6.33 Å². The zero-order valence-electron chi connectivity index (χ0n) is 15.1. The number of amides is 1. The number of hydrogen-bond acceptors (Lipinski definition) is 5. The van der Waals surface area contributed by atoms with Gasteiger partial charge in [-0.15, -0.1) is 10.2 Å². The molecule has 23 heavy (non-hydrogen) atoms. The summed E-state index contributed by atoms with van der Waals surface area (Å²) in [5.41, 5.74) is 0. The number of hydrogen-bond donors (Lipinski definition) is 0. The lowest BCUT2D eigenvalue weighted by Gasteiger charge is -2.25. The molecule has 2 rings (SSSR count). The largest absolute Gasteiger partial charge is 0.338 e. The zero-order valence-corrected chi connectivity index (χ0v) is 15.1. The molecule has 1 fully saturated rings. The topological polar surface area (TPSA) is 57.5 Å². The molecular formula is C16H30N6O. The van der Waals surface area contributed by atoms with Gasteiger partial charge in [0, 0.05) is 38.6 Å². The van der Waals surface area contributed by atoms with E-state index in [2.05, 4.69) is 47.9 Å². The quantitative estimate of drug-likeness (QED) is 0.745. The van der Waals surface area contributed by atoms with Gasteiger partial charge in [-0.3, -0.25) is 4.79 Å². The van der Waals surface area contributed by atoms with Crippen molar-refractivity contribution in [2.75, 3.05) is 40.8 Å². The summed E-state index contributed by atoms with van der Waals surface area (Å²) in [7, 11) is 6.11. The van der Waals surface area contributed by atoms with Crippen LogP contribution in [-0.2, 0) is 11.3 Å². The van der Waals surface area contributed by atoms with E-state index in [9.17, 15) is 4.79 Å². The Morgan fingerprint density at radius 1 is 1.43 bits per heavy atom. The van der Waals surface area contributed by atoms with E-state index >= 15 is 0 Å². The number of carbonyl (C=O) groups is 1. The summed E-state index contributed by atoms with van der Waals surface area (Å²) < 4.78 is 2.00. The standard InChI is InChI=1S/C16H30N6O/c1-13(2)22-12-17-18-15(22)11-21(5)16(23)7-9-20(4)14-6-8-19(3)10-14/h12-14H,6-11H2,1-5H3/t14-/m1/s1. The monoisotopic (exact) mass is 322 g/mol. The summed E-state index contributed by atoms with van der Waals surface area (Å²) in [5.74, 6) is 0.989. The van der Waals surface area contributed by atoms with Crippen LogP contribution in [0.25, 0.3) is 0 Å². The Hall–Kier alpha value is -1.47. The first kappa shape index (κ1) is 17.9. The lowest BCUT2D eigenvalue weighted by atomic mass is 10.2. The van der Waals surface area contributed by atoms with Crippen LogP contribution in [0.4, 0.5) is 0 Å². The average molecular weight is 322 g/mol. The molecule has 0 N–H and O–H groups in total. The lowest BCUT2D eigenvalue weighted by molar-refractivity contribution is -0.130. The van der Waals surface area contributed by atoms with Crippen LogP contribution in [0.1, 0.15) is 38.6 Å². The van der Waals surface area contributed by atoms with Gasteiger partial charge in [-0.2, -0.15) is 0 Å². The minimum absolute atomic E-state index is 0.154. The summed E-state index contributed by atoms with van der Waals surface area (Å²) in [5, 5.41) is 8.08. The van der Waals surface area contributed by atoms with Crippen molar-refractivity contribution in [1.29, 1.82) is 0 Å². The minimum atomic E-state index is 0.154. The lowest BCUT2D eigenvalue weighted by Crippen LogP contribution is -2.37. The Balaban J connectivity index is 1.79. The van der Waals surface area contributed by atoms with Crippen molar-refractivity contribution in [3.05, 3.63) is 12.2 Å². The van der Waals surface area contributed by atoms with Gasteiger partial charge in [-0.1, -0.05) is 0 Å². The van der Waals surface area contributed by atoms with Crippen LogP contribution < -0.4 is 0 Å². The maximum Gasteiger partial charge on any atom is 0.224 e. The SMILES string of the molecule is CC(C)n1cnnc1CN(C)C(=O)CCN(C)[C@@H]1CCN(C)C1. The first-order valence-corrected chi connectivity index (χ1v) is 8.39. The maximum absolute atomic E-state index is 12.4. The molecule has 0 radical (unpaired) electrons. The van der Waals surface area contributed by atoms with Crippen molar-refractivity contribution >= 4 is 5.91 Å². The number of likely N-dealkylation sites (N-methyl/N-ethyl adjacent to an activating group) is 2. The second-order valence-electron chi connectivity index (χ2n) is 6.93. The molecule has 0 unspecified atom stereocenters. The highest BCUT2D eigenvalue weighted by atomic mass is 16.2. The Morgan fingerprint density at radius 3 is 2.78 bits per heavy atom. The normalized spacial score (nSPS) is 19.0. The summed E-state index contributed by atoms with van der Waals surface area (Å²) >= 11 is 0. The molecule has 1 aromatic heterocycles. The Morgan fingerprint density at radius 2 is 2.17 bits per heavy atom. The predicted octanol–water partition coefficient (Wildman–Crippen LogP) is 0.843. The summed E-state index contributed by atoms with van der Waals surface area (Å²) in [6.07, 6.45) is 3.46. The molecule has 2 heterocycles. The van der Waals surface area contributed by atoms with Gasteiger partial charge >= 0.3 is 0 Å². The van der Waals surface area contributed by atoms with Gasteiger partial charge in [0.15, 0.2) is 5.82 Å². The molecule has 0 spiro atoms. The highest BCUT2D eigenvalue weighted by Crippen LogP contribution is 2.13. The fourth-order valence-electron chi connectivity index (χ4n) is 3.03. The number of rotatable bonds is 7. The highest BCUT2D eigenvalue weighted by Gasteiger charge is 2.24. The third-order valence-electron chi connectivity index (χ3n) is 4.68. The van der Waals surface area contributed by atoms with Crippen LogP contribution in [0.2, 0.25) is 0 Å². The zero-order chi connectivity index (χ0) is 17.0. The Kier molecular flexibility index (Phi) is 6.12. The van der Waals surface area contributed by atoms with Crippen LogP contribution in [0, 0.1) is 0 Å². The van der Waals surface area contributed by atoms with Gasteiger partial charge in [0.05, 0.1) is 6.54 Å². The molecule has 0 bridgehead atoms. The molecule has 1 aliphatic heterocycles. The van der Waals surface area contributed by atoms with Crippen LogP contribution in [-0.4, -0.2) is 82.2 Å². The number of aromatic nitrogens is 3. The molecule has 1 saturated heterocycles. The van der Waals surface area contributed by atoms with Gasteiger partial charge < -0.3 is 19.3 Å². The van der Waals surface area contributed by atoms with Gasteiger partial charge in [-0.05, 0) is 40.9 Å². The van der Waals surface area contributed by atoms with Gasteiger partial charge in [0.2, 0.25) is 5.91 Å². The molecule has 0 aromatic carbocycles. The summed E-state index contributed by atoms with van der Waals surface area (Å²) in [6.45, 7) is 7.72. The Labute approximate surface area is 139 Å². The van der Waals surface area contributed by atoms with E-state index in [1.54, 1.807) is 11.2 Å². The van der Waals surface area contributed by atoms with E-state index in [0.717, 1.165) is 25.5 Å². The van der Waals surface area contributed by atoms with E-state index < -0.39 is 0 Å². The summed E-state index contributed by atoms with van der Waals surface area (Å²) in [4.78, 5) is 18.8. The first-order valence-electron chi connectivity index (χ1n) is 8.39. The van der Waals surface area contributed by atoms with E-state index in [1.807, 2.05) is 11.6 Å². The van der Waals surface area contributed by atoms with Crippen molar-refractivity contribution < 1.29 is 4.79 Å². The molecule has 7 heteroatoms. The molecule has 1 atom stereocenters. The smallest absolute Gasteiger partial charge is 0.224 e. The van der Waals surface area contributed by atoms with E-state index in [4.69, 9.17) is 0 Å². The molecule has 0 saturated carbocycles. The number of likely N-dealkylation sites (tertiary alicyclic amines) is 1. The molecule has 1 aliphatic rings. The molecule has 1 amide bonds. The summed E-state index contributed by atoms with van der Waals surface area (Å²) in [6, 6.07) is 0.871. The van der Waals surface area contributed by atoms with Gasteiger partial charge in [-0.25, -0.2) is 0 Å². The van der Waals surface area contributed by atoms with Crippen LogP contribution >= 0.6 is 0 Å². The second kappa shape index (κ2) is 7.88. The molecule has 1 aromatic rings. The molecule has 7 nitrogen and oxygen atoms in total. The molecular weight excluding hydrogens is 292 g/mol. The maximum atomic E-state index is 12.4. The fraction of sp³-hybridized carbons (Fsp3) is 0.812. The van der Waals surface area contributed by atoms with Crippen LogP contribution in [0.5, 0.6) is 0 Å². The van der Waals surface area contributed by atoms with Crippen LogP contribution in [0.3, 0.4) is 0 Å². The van der Waals surface area contributed by atoms with Crippen molar-refractivity contribution in [3.8, 4) is 0 Å². The number of carbonyl (C=O) groups excluding carboxylic acids is 1. The third-order valence-corrected chi connectivity index (χ3v) is 4.68. The van der Waals surface area contributed by atoms with E-state index in [1.165, 1.54) is 6.42 Å². The highest BCUT2D eigenvalue weighted by molar-refractivity contribution is 5.75. The molecule has 130 valence electrons. The minimum Gasteiger partial charge on any atom is -0.338 e. The Bertz CT molecular complexity index is 514. The average Bonchev–Trinajstić information content (AvgIpc) is 3.13. The fourth-order valence-corrected chi connectivity index (χ4v) is 3.03. The van der Waals surface area contributed by atoms with E-state index in [-0.39, 0.29) is 5.91 Å². The first-order chi connectivity index (χ1) is 10.9. The van der Waals surface area contributed by atoms with Crippen molar-refractivity contribution in [1.82, 2.24) is 29.5 Å². The molecule has 0 aliphatic carbocycles. The van der Waals surface area contributed by atoms with Crippen molar-refractivity contribution in [2.45, 2.75) is 45.3 Å². The number of nitrogens with zero attached hydrogens (tertiary/aromatic N) is 6. The van der Waals surface area contributed by atoms with Crippen molar-refractivity contribution in [2.24, 2.45) is 0 Å². The third kappa shape index (κ3) is 4.75. The van der Waals surface area contributed by atoms with Gasteiger partial charge in [0.25, 0.3) is 0 Å². The van der Waals surface area contributed by atoms with Gasteiger partial charge in [0.1, 0.15) is 6.33 Å². The second-order valence-corrected chi connectivity index (χ2v) is 6.93.